The first-order valence-electron chi connectivity index (χ1n) is 3.79. The van der Waals surface area contributed by atoms with E-state index in [1.54, 1.807) is 0 Å². The van der Waals surface area contributed by atoms with Crippen molar-refractivity contribution in [3.8, 4) is 0 Å². The Bertz CT molecular complexity index is 195. The Hall–Kier alpha value is -0.790. The third kappa shape index (κ3) is 0.681. The van der Waals surface area contributed by atoms with Crippen molar-refractivity contribution >= 4 is 6.21 Å². The molecule has 2 aliphatic rings. The molecule has 1 atom stereocenters. The molecule has 0 unspecified atom stereocenters. The van der Waals surface area contributed by atoms with Crippen LogP contribution in [0.15, 0.2) is 17.4 Å². The molecule has 0 aromatic heterocycles. The monoisotopic (exact) mass is 136 g/mol. The van der Waals surface area contributed by atoms with Crippen LogP contribution in [0, 0.1) is 0 Å². The summed E-state index contributed by atoms with van der Waals surface area (Å²) in [6.07, 6.45) is 8.56. The van der Waals surface area contributed by atoms with Gasteiger partial charge >= 0.3 is 0 Å². The molecule has 0 aromatic rings. The van der Waals surface area contributed by atoms with E-state index in [1.807, 2.05) is 6.20 Å². The van der Waals surface area contributed by atoms with Crippen LogP contribution in [0.25, 0.3) is 0 Å². The van der Waals surface area contributed by atoms with Gasteiger partial charge in [-0.3, -0.25) is 4.99 Å². The van der Waals surface area contributed by atoms with Crippen LogP contribution in [0.4, 0.5) is 0 Å². The van der Waals surface area contributed by atoms with Gasteiger partial charge in [-0.25, -0.2) is 0 Å². The molecule has 0 N–H and O–H groups in total. The predicted molar refractivity (Wildman–Crippen MR) is 42.0 cm³/mol. The van der Waals surface area contributed by atoms with E-state index in [9.17, 15) is 0 Å². The van der Waals surface area contributed by atoms with Gasteiger partial charge in [-0.2, -0.15) is 0 Å². The maximum Gasteiger partial charge on any atom is 0.0722 e. The van der Waals surface area contributed by atoms with Crippen molar-refractivity contribution in [1.82, 2.24) is 4.90 Å². The Kier molecular flexibility index (Phi) is 1.10. The fraction of sp³-hybridized carbons (Fsp3) is 0.625. The molecule has 2 heteroatoms. The number of fused-ring (bicyclic) bond motifs is 1. The fourth-order valence-electron chi connectivity index (χ4n) is 1.71. The van der Waals surface area contributed by atoms with Crippen molar-refractivity contribution in [3.05, 3.63) is 12.4 Å². The number of rotatable bonds is 0. The van der Waals surface area contributed by atoms with Crippen molar-refractivity contribution < 1.29 is 0 Å². The summed E-state index contributed by atoms with van der Waals surface area (Å²) in [6, 6.07) is 0. The summed E-state index contributed by atoms with van der Waals surface area (Å²) >= 11 is 0. The van der Waals surface area contributed by atoms with Gasteiger partial charge in [0.05, 0.1) is 5.54 Å². The van der Waals surface area contributed by atoms with Crippen molar-refractivity contribution in [2.24, 2.45) is 4.99 Å². The summed E-state index contributed by atoms with van der Waals surface area (Å²) in [4.78, 5) is 6.51. The van der Waals surface area contributed by atoms with Gasteiger partial charge in [0.1, 0.15) is 0 Å². The average molecular weight is 136 g/mol. The van der Waals surface area contributed by atoms with Crippen molar-refractivity contribution in [1.29, 1.82) is 0 Å². The third-order valence-corrected chi connectivity index (χ3v) is 2.42. The second kappa shape index (κ2) is 1.84. The quantitative estimate of drug-likeness (QED) is 0.491. The summed E-state index contributed by atoms with van der Waals surface area (Å²) in [6.45, 7) is 3.44. The van der Waals surface area contributed by atoms with Crippen LogP contribution in [0.5, 0.6) is 0 Å². The zero-order valence-corrected chi connectivity index (χ0v) is 6.25. The number of hydrogen-bond acceptors (Lipinski definition) is 2. The maximum atomic E-state index is 4.14. The highest BCUT2D eigenvalue weighted by atomic mass is 15.2. The zero-order valence-electron chi connectivity index (χ0n) is 6.25. The summed E-state index contributed by atoms with van der Waals surface area (Å²) in [5.74, 6) is 0. The minimum Gasteiger partial charge on any atom is -0.366 e. The van der Waals surface area contributed by atoms with Gasteiger partial charge in [-0.1, -0.05) is 0 Å². The minimum atomic E-state index is 0.245. The highest BCUT2D eigenvalue weighted by Crippen LogP contribution is 2.28. The Morgan fingerprint density at radius 1 is 1.60 bits per heavy atom. The summed E-state index contributed by atoms with van der Waals surface area (Å²) in [5, 5.41) is 0. The SMILES string of the molecule is C[C@]12C=NC=CN1CCC2. The normalized spacial score (nSPS) is 36.7. The lowest BCUT2D eigenvalue weighted by Crippen LogP contribution is -2.40. The molecular formula is C8H12N2. The predicted octanol–water partition coefficient (Wildman–Crippen LogP) is 1.40. The van der Waals surface area contributed by atoms with Crippen LogP contribution in [0.3, 0.4) is 0 Å². The molecule has 10 heavy (non-hydrogen) atoms. The first-order chi connectivity index (χ1) is 4.81. The van der Waals surface area contributed by atoms with Gasteiger partial charge in [0, 0.05) is 25.2 Å². The molecule has 2 heterocycles. The standard InChI is InChI=1S/C8H12N2/c1-8-3-2-5-10(8)6-4-9-7-8/h4,6-7H,2-3,5H2,1H3/t8-/m0/s1. The van der Waals surface area contributed by atoms with E-state index < -0.39 is 0 Å². The summed E-state index contributed by atoms with van der Waals surface area (Å²) < 4.78 is 0. The van der Waals surface area contributed by atoms with E-state index >= 15 is 0 Å². The van der Waals surface area contributed by atoms with Crippen molar-refractivity contribution in [3.63, 3.8) is 0 Å². The molecule has 2 aliphatic heterocycles. The van der Waals surface area contributed by atoms with Gasteiger partial charge in [0.25, 0.3) is 0 Å². The molecule has 0 saturated carbocycles. The first-order valence-corrected chi connectivity index (χ1v) is 3.79. The van der Waals surface area contributed by atoms with Gasteiger partial charge in [0.15, 0.2) is 0 Å². The average Bonchev–Trinajstić information content (AvgIpc) is 2.29. The molecule has 2 rings (SSSR count). The van der Waals surface area contributed by atoms with E-state index in [2.05, 4.69) is 29.2 Å². The Labute approximate surface area is 61.2 Å². The van der Waals surface area contributed by atoms with E-state index in [4.69, 9.17) is 0 Å². The topological polar surface area (TPSA) is 15.6 Å². The van der Waals surface area contributed by atoms with Gasteiger partial charge in [0.2, 0.25) is 0 Å². The van der Waals surface area contributed by atoms with Crippen LogP contribution in [0.1, 0.15) is 19.8 Å². The molecule has 2 nitrogen and oxygen atoms in total. The zero-order chi connectivity index (χ0) is 7.03. The van der Waals surface area contributed by atoms with Gasteiger partial charge < -0.3 is 4.90 Å². The molecule has 0 radical (unpaired) electrons. The number of nitrogens with zero attached hydrogens (tertiary/aromatic N) is 2. The molecule has 0 amide bonds. The Balaban J connectivity index is 2.30. The van der Waals surface area contributed by atoms with E-state index in [-0.39, 0.29) is 5.54 Å². The van der Waals surface area contributed by atoms with Crippen LogP contribution in [-0.2, 0) is 0 Å². The second-order valence-corrected chi connectivity index (χ2v) is 3.23. The Morgan fingerprint density at radius 3 is 3.30 bits per heavy atom. The van der Waals surface area contributed by atoms with Crippen LogP contribution in [0.2, 0.25) is 0 Å². The smallest absolute Gasteiger partial charge is 0.0722 e. The lowest BCUT2D eigenvalue weighted by molar-refractivity contribution is 0.309. The molecule has 1 fully saturated rings. The van der Waals surface area contributed by atoms with Crippen LogP contribution < -0.4 is 0 Å². The Morgan fingerprint density at radius 2 is 2.50 bits per heavy atom. The number of aliphatic imine (C=N–C) groups is 1. The lowest BCUT2D eigenvalue weighted by Gasteiger charge is -2.32. The molecule has 0 spiro atoms. The van der Waals surface area contributed by atoms with Gasteiger partial charge in [-0.05, 0) is 19.8 Å². The molecule has 0 aromatic carbocycles. The highest BCUT2D eigenvalue weighted by Gasteiger charge is 2.33. The van der Waals surface area contributed by atoms with Crippen molar-refractivity contribution in [2.75, 3.05) is 6.54 Å². The summed E-state index contributed by atoms with van der Waals surface area (Å²) in [7, 11) is 0. The van der Waals surface area contributed by atoms with E-state index in [0.29, 0.717) is 0 Å². The largest absolute Gasteiger partial charge is 0.366 e. The first kappa shape index (κ1) is 5.96. The molecule has 0 bridgehead atoms. The highest BCUT2D eigenvalue weighted by molar-refractivity contribution is 5.72. The molecule has 54 valence electrons. The molecule has 1 saturated heterocycles. The fourth-order valence-corrected chi connectivity index (χ4v) is 1.71. The van der Waals surface area contributed by atoms with Crippen molar-refractivity contribution in [2.45, 2.75) is 25.3 Å². The molecule has 0 aliphatic carbocycles. The maximum absolute atomic E-state index is 4.14. The lowest BCUT2D eigenvalue weighted by atomic mass is 10.0. The summed E-state index contributed by atoms with van der Waals surface area (Å²) in [5.41, 5.74) is 0.245. The van der Waals surface area contributed by atoms with Gasteiger partial charge in [-0.15, -0.1) is 0 Å². The van der Waals surface area contributed by atoms with Crippen LogP contribution >= 0.6 is 0 Å². The third-order valence-electron chi connectivity index (χ3n) is 2.42. The second-order valence-electron chi connectivity index (χ2n) is 3.23. The van der Waals surface area contributed by atoms with E-state index in [1.165, 1.54) is 19.4 Å². The molecular weight excluding hydrogens is 124 g/mol. The van der Waals surface area contributed by atoms with E-state index in [0.717, 1.165) is 0 Å². The minimum absolute atomic E-state index is 0.245. The van der Waals surface area contributed by atoms with Crippen LogP contribution in [-0.4, -0.2) is 23.2 Å². The number of hydrogen-bond donors (Lipinski definition) is 0.